The van der Waals surface area contributed by atoms with Crippen LogP contribution in [0.4, 0.5) is 5.13 Å². The van der Waals surface area contributed by atoms with Gasteiger partial charge in [-0.1, -0.05) is 53.3 Å². The van der Waals surface area contributed by atoms with Gasteiger partial charge in [0.25, 0.3) is 5.91 Å². The van der Waals surface area contributed by atoms with E-state index in [4.69, 9.17) is 27.9 Å². The van der Waals surface area contributed by atoms with Gasteiger partial charge < -0.3 is 15.4 Å². The highest BCUT2D eigenvalue weighted by molar-refractivity contribution is 7.18. The molecule has 0 spiro atoms. The maximum absolute atomic E-state index is 11.9. The van der Waals surface area contributed by atoms with E-state index in [-0.39, 0.29) is 12.5 Å². The van der Waals surface area contributed by atoms with Gasteiger partial charge in [-0.15, -0.1) is 10.2 Å². The van der Waals surface area contributed by atoms with Crippen molar-refractivity contribution in [3.05, 3.63) is 70.9 Å². The summed E-state index contributed by atoms with van der Waals surface area (Å²) in [5.74, 6) is 0.372. The largest absolute Gasteiger partial charge is 0.484 e. The zero-order valence-electron chi connectivity index (χ0n) is 15.3. The highest BCUT2D eigenvalue weighted by Gasteiger charge is 2.08. The number of carbonyl (C=O) groups is 1. The Bertz CT molecular complexity index is 975. The first-order valence-electron chi connectivity index (χ1n) is 8.69. The first-order valence-corrected chi connectivity index (χ1v) is 10.3. The number of hydrogen-bond donors (Lipinski definition) is 2. The molecule has 3 rings (SSSR count). The van der Waals surface area contributed by atoms with E-state index in [0.29, 0.717) is 33.9 Å². The van der Waals surface area contributed by atoms with Crippen LogP contribution in [-0.2, 0) is 4.79 Å². The van der Waals surface area contributed by atoms with Gasteiger partial charge in [-0.2, -0.15) is 0 Å². The lowest BCUT2D eigenvalue weighted by Crippen LogP contribution is -2.30. The molecule has 0 aliphatic carbocycles. The molecule has 0 fully saturated rings. The Morgan fingerprint density at radius 1 is 1.03 bits per heavy atom. The summed E-state index contributed by atoms with van der Waals surface area (Å²) < 4.78 is 5.39. The predicted molar refractivity (Wildman–Crippen MR) is 118 cm³/mol. The van der Waals surface area contributed by atoms with E-state index < -0.39 is 0 Å². The molecule has 0 saturated heterocycles. The third-order valence-electron chi connectivity index (χ3n) is 3.73. The smallest absolute Gasteiger partial charge is 0.257 e. The molecule has 1 aromatic heterocycles. The number of nitrogens with one attached hydrogen (secondary N) is 2. The van der Waals surface area contributed by atoms with Crippen molar-refractivity contribution in [1.82, 2.24) is 15.5 Å². The average molecular weight is 449 g/mol. The Balaban J connectivity index is 1.38. The number of anilines is 1. The number of nitrogens with zero attached hydrogens (tertiary/aromatic N) is 2. The Kier molecular flexibility index (Phi) is 7.46. The molecule has 0 unspecified atom stereocenters. The molecular formula is C20H18Cl2N4O2S. The van der Waals surface area contributed by atoms with Gasteiger partial charge >= 0.3 is 0 Å². The fraction of sp³-hybridized carbons (Fsp3) is 0.150. The molecule has 9 heteroatoms. The van der Waals surface area contributed by atoms with Crippen molar-refractivity contribution >= 4 is 45.6 Å². The summed E-state index contributed by atoms with van der Waals surface area (Å²) in [7, 11) is 0. The summed E-state index contributed by atoms with van der Waals surface area (Å²) >= 11 is 13.1. The molecule has 3 aromatic rings. The Hall–Kier alpha value is -2.61. The van der Waals surface area contributed by atoms with Crippen LogP contribution in [0.5, 0.6) is 5.75 Å². The minimum atomic E-state index is -0.214. The van der Waals surface area contributed by atoms with Crippen molar-refractivity contribution in [2.45, 2.75) is 6.42 Å². The third kappa shape index (κ3) is 6.74. The molecule has 6 nitrogen and oxygen atoms in total. The van der Waals surface area contributed by atoms with Gasteiger partial charge in [0.1, 0.15) is 10.8 Å². The zero-order chi connectivity index (χ0) is 20.6. The van der Waals surface area contributed by atoms with E-state index in [1.54, 1.807) is 24.3 Å². The van der Waals surface area contributed by atoms with Crippen molar-refractivity contribution in [3.8, 4) is 16.3 Å². The lowest BCUT2D eigenvalue weighted by atomic mass is 10.2. The Morgan fingerprint density at radius 2 is 1.69 bits per heavy atom. The first kappa shape index (κ1) is 21.1. The molecule has 2 N–H and O–H groups in total. The quantitative estimate of drug-likeness (QED) is 0.480. The van der Waals surface area contributed by atoms with Crippen LogP contribution in [0.3, 0.4) is 0 Å². The summed E-state index contributed by atoms with van der Waals surface area (Å²) in [5, 5.41) is 16.9. The number of rotatable bonds is 9. The number of amides is 1. The molecule has 1 amide bonds. The standard InChI is InChI=1S/C20H18Cl2N4O2S/c1-13(10-11-23-18(27)12-28-17-8-6-16(22)7-9-17)24-20-26-25-19(29-20)14-2-4-15(21)5-3-14/h2-9H,1,10-12H2,(H,23,27)(H,24,26). The summed E-state index contributed by atoms with van der Waals surface area (Å²) in [5.41, 5.74) is 1.67. The van der Waals surface area contributed by atoms with Crippen molar-refractivity contribution in [2.24, 2.45) is 0 Å². The van der Waals surface area contributed by atoms with E-state index in [9.17, 15) is 4.79 Å². The highest BCUT2D eigenvalue weighted by Crippen LogP contribution is 2.28. The molecule has 0 radical (unpaired) electrons. The third-order valence-corrected chi connectivity index (χ3v) is 5.12. The van der Waals surface area contributed by atoms with Gasteiger partial charge in [0.05, 0.1) is 0 Å². The Morgan fingerprint density at radius 3 is 2.38 bits per heavy atom. The van der Waals surface area contributed by atoms with Crippen LogP contribution in [0.2, 0.25) is 10.0 Å². The molecule has 0 saturated carbocycles. The molecule has 29 heavy (non-hydrogen) atoms. The van der Waals surface area contributed by atoms with Gasteiger partial charge in [0, 0.05) is 34.3 Å². The molecule has 0 atom stereocenters. The zero-order valence-corrected chi connectivity index (χ0v) is 17.7. The van der Waals surface area contributed by atoms with Crippen LogP contribution >= 0.6 is 34.5 Å². The van der Waals surface area contributed by atoms with Crippen LogP contribution in [0, 0.1) is 0 Å². The molecule has 0 bridgehead atoms. The normalized spacial score (nSPS) is 10.4. The van der Waals surface area contributed by atoms with Crippen LogP contribution < -0.4 is 15.4 Å². The van der Waals surface area contributed by atoms with E-state index in [2.05, 4.69) is 27.4 Å². The highest BCUT2D eigenvalue weighted by atomic mass is 35.5. The van der Waals surface area contributed by atoms with Crippen molar-refractivity contribution < 1.29 is 9.53 Å². The topological polar surface area (TPSA) is 76.1 Å². The number of hydrogen-bond acceptors (Lipinski definition) is 6. The lowest BCUT2D eigenvalue weighted by molar-refractivity contribution is -0.123. The second-order valence-electron chi connectivity index (χ2n) is 5.99. The van der Waals surface area contributed by atoms with Gasteiger partial charge in [-0.3, -0.25) is 4.79 Å². The van der Waals surface area contributed by atoms with Crippen molar-refractivity contribution in [1.29, 1.82) is 0 Å². The second kappa shape index (κ2) is 10.2. The first-order chi connectivity index (χ1) is 14.0. The molecule has 150 valence electrons. The van der Waals surface area contributed by atoms with Crippen LogP contribution in [0.15, 0.2) is 60.8 Å². The van der Waals surface area contributed by atoms with E-state index >= 15 is 0 Å². The van der Waals surface area contributed by atoms with Gasteiger partial charge in [0.15, 0.2) is 6.61 Å². The van der Waals surface area contributed by atoms with Crippen LogP contribution in [0.25, 0.3) is 10.6 Å². The van der Waals surface area contributed by atoms with Crippen molar-refractivity contribution in [3.63, 3.8) is 0 Å². The maximum Gasteiger partial charge on any atom is 0.257 e. The molecule has 2 aromatic carbocycles. The average Bonchev–Trinajstić information content (AvgIpc) is 3.16. The SMILES string of the molecule is C=C(CCNC(=O)COc1ccc(Cl)cc1)Nc1nnc(-c2ccc(Cl)cc2)s1. The summed E-state index contributed by atoms with van der Waals surface area (Å²) in [6.07, 6.45) is 0.544. The van der Waals surface area contributed by atoms with Gasteiger partial charge in [-0.25, -0.2) is 0 Å². The minimum absolute atomic E-state index is 0.0671. The minimum Gasteiger partial charge on any atom is -0.484 e. The van der Waals surface area contributed by atoms with Gasteiger partial charge in [0.2, 0.25) is 5.13 Å². The molecule has 0 aliphatic heterocycles. The van der Waals surface area contributed by atoms with E-state index in [1.165, 1.54) is 11.3 Å². The number of carbonyl (C=O) groups excluding carboxylic acids is 1. The summed E-state index contributed by atoms with van der Waals surface area (Å²) in [6, 6.07) is 14.2. The summed E-state index contributed by atoms with van der Waals surface area (Å²) in [4.78, 5) is 11.9. The summed E-state index contributed by atoms with van der Waals surface area (Å²) in [6.45, 7) is 4.32. The van der Waals surface area contributed by atoms with Crippen LogP contribution in [-0.4, -0.2) is 29.3 Å². The van der Waals surface area contributed by atoms with E-state index in [1.807, 2.05) is 24.3 Å². The van der Waals surface area contributed by atoms with E-state index in [0.717, 1.165) is 16.3 Å². The van der Waals surface area contributed by atoms with Crippen LogP contribution in [0.1, 0.15) is 6.42 Å². The maximum atomic E-state index is 11.9. The Labute approximate surface area is 182 Å². The predicted octanol–water partition coefficient (Wildman–Crippen LogP) is 5.02. The number of aromatic nitrogens is 2. The fourth-order valence-corrected chi connectivity index (χ4v) is 3.33. The second-order valence-corrected chi connectivity index (χ2v) is 7.84. The lowest BCUT2D eigenvalue weighted by Gasteiger charge is -2.09. The fourth-order valence-electron chi connectivity index (χ4n) is 2.28. The van der Waals surface area contributed by atoms with Gasteiger partial charge in [-0.05, 0) is 36.4 Å². The monoisotopic (exact) mass is 448 g/mol. The molecule has 1 heterocycles. The molecule has 0 aliphatic rings. The van der Waals surface area contributed by atoms with Crippen molar-refractivity contribution in [2.75, 3.05) is 18.5 Å². The number of halogens is 2. The number of ether oxygens (including phenoxy) is 1. The number of benzene rings is 2. The molecular weight excluding hydrogens is 431 g/mol.